The van der Waals surface area contributed by atoms with E-state index in [0.717, 1.165) is 11.6 Å². The molecule has 1 saturated carbocycles. The van der Waals surface area contributed by atoms with Crippen LogP contribution in [0.5, 0.6) is 0 Å². The van der Waals surface area contributed by atoms with Crippen LogP contribution in [0, 0.1) is 12.8 Å². The lowest BCUT2D eigenvalue weighted by molar-refractivity contribution is 0.643. The van der Waals surface area contributed by atoms with E-state index in [1.807, 2.05) is 6.07 Å². The van der Waals surface area contributed by atoms with E-state index in [0.29, 0.717) is 6.04 Å². The Morgan fingerprint density at radius 3 is 2.56 bits per heavy atom. The van der Waals surface area contributed by atoms with Gasteiger partial charge in [-0.3, -0.25) is 0 Å². The Balaban J connectivity index is 2.22. The molecule has 1 aliphatic carbocycles. The fraction of sp³-hybridized carbons (Fsp3) is 0.571. The second-order valence-electron chi connectivity index (χ2n) is 5.24. The summed E-state index contributed by atoms with van der Waals surface area (Å²) < 4.78 is 0. The van der Waals surface area contributed by atoms with Gasteiger partial charge < -0.3 is 10.6 Å². The van der Waals surface area contributed by atoms with Gasteiger partial charge in [0.2, 0.25) is 0 Å². The minimum Gasteiger partial charge on any atom is -0.399 e. The van der Waals surface area contributed by atoms with Crippen LogP contribution < -0.4 is 10.6 Å². The molecule has 2 N–H and O–H groups in total. The molecule has 0 atom stereocenters. The zero-order valence-corrected chi connectivity index (χ0v) is 10.5. The molecule has 0 unspecified atom stereocenters. The van der Waals surface area contributed by atoms with Crippen molar-refractivity contribution in [2.75, 3.05) is 17.2 Å². The number of aryl methyl sites for hydroxylation is 1. The molecule has 2 nitrogen and oxygen atoms in total. The molecule has 1 fully saturated rings. The fourth-order valence-corrected chi connectivity index (χ4v) is 2.17. The summed E-state index contributed by atoms with van der Waals surface area (Å²) >= 11 is 0. The predicted octanol–water partition coefficient (Wildman–Crippen LogP) is 3.20. The second kappa shape index (κ2) is 4.36. The smallest absolute Gasteiger partial charge is 0.0399 e. The first-order valence-corrected chi connectivity index (χ1v) is 6.20. The summed E-state index contributed by atoms with van der Waals surface area (Å²) in [5.41, 5.74) is 9.29. The molecule has 0 bridgehead atoms. The van der Waals surface area contributed by atoms with Gasteiger partial charge in [-0.1, -0.05) is 0 Å². The van der Waals surface area contributed by atoms with Crippen LogP contribution in [-0.2, 0) is 0 Å². The molecule has 1 aromatic carbocycles. The molecule has 88 valence electrons. The molecule has 2 heteroatoms. The zero-order valence-electron chi connectivity index (χ0n) is 10.5. The number of nitrogen functional groups attached to an aromatic ring is 1. The van der Waals surface area contributed by atoms with E-state index in [2.05, 4.69) is 37.8 Å². The molecule has 16 heavy (non-hydrogen) atoms. The van der Waals surface area contributed by atoms with Gasteiger partial charge in [0.15, 0.2) is 0 Å². The van der Waals surface area contributed by atoms with Crippen molar-refractivity contribution in [3.63, 3.8) is 0 Å². The maximum absolute atomic E-state index is 5.80. The van der Waals surface area contributed by atoms with Crippen molar-refractivity contribution in [3.8, 4) is 0 Å². The number of nitrogens with zero attached hydrogens (tertiary/aromatic N) is 1. The van der Waals surface area contributed by atoms with Crippen molar-refractivity contribution < 1.29 is 0 Å². The van der Waals surface area contributed by atoms with Crippen LogP contribution in [0.4, 0.5) is 11.4 Å². The molecule has 0 aliphatic heterocycles. The van der Waals surface area contributed by atoms with Crippen molar-refractivity contribution in [2.24, 2.45) is 5.92 Å². The first kappa shape index (κ1) is 11.3. The summed E-state index contributed by atoms with van der Waals surface area (Å²) in [4.78, 5) is 2.51. The Morgan fingerprint density at radius 1 is 1.38 bits per heavy atom. The highest BCUT2D eigenvalue weighted by Crippen LogP contribution is 2.33. The summed E-state index contributed by atoms with van der Waals surface area (Å²) in [5, 5.41) is 0. The molecule has 0 radical (unpaired) electrons. The largest absolute Gasteiger partial charge is 0.399 e. The normalized spacial score (nSPS) is 15.5. The summed E-state index contributed by atoms with van der Waals surface area (Å²) in [6, 6.07) is 6.79. The Hall–Kier alpha value is -1.18. The summed E-state index contributed by atoms with van der Waals surface area (Å²) in [5.74, 6) is 0.916. The van der Waals surface area contributed by atoms with Crippen LogP contribution in [0.3, 0.4) is 0 Å². The van der Waals surface area contributed by atoms with E-state index in [9.17, 15) is 0 Å². The maximum Gasteiger partial charge on any atom is 0.0399 e. The number of rotatable bonds is 4. The first-order valence-electron chi connectivity index (χ1n) is 6.20. The Morgan fingerprint density at radius 2 is 2.06 bits per heavy atom. The monoisotopic (exact) mass is 218 g/mol. The van der Waals surface area contributed by atoms with Gasteiger partial charge in [-0.25, -0.2) is 0 Å². The zero-order chi connectivity index (χ0) is 11.7. The van der Waals surface area contributed by atoms with Crippen molar-refractivity contribution >= 4 is 11.4 Å². The second-order valence-corrected chi connectivity index (χ2v) is 5.24. The van der Waals surface area contributed by atoms with Gasteiger partial charge in [0.05, 0.1) is 0 Å². The van der Waals surface area contributed by atoms with E-state index in [1.54, 1.807) is 0 Å². The maximum atomic E-state index is 5.80. The topological polar surface area (TPSA) is 29.3 Å². The van der Waals surface area contributed by atoms with Crippen molar-refractivity contribution in [1.29, 1.82) is 0 Å². The van der Waals surface area contributed by atoms with Crippen molar-refractivity contribution in [2.45, 2.75) is 39.7 Å². The van der Waals surface area contributed by atoms with Gasteiger partial charge in [0.25, 0.3) is 0 Å². The molecular weight excluding hydrogens is 196 g/mol. The molecule has 0 spiro atoms. The Kier molecular flexibility index (Phi) is 3.08. The van der Waals surface area contributed by atoms with Gasteiger partial charge in [0.1, 0.15) is 0 Å². The number of nitrogens with two attached hydrogens (primary N) is 1. The highest BCUT2D eigenvalue weighted by Gasteiger charge is 2.26. The standard InChI is InChI=1S/C14H22N2/c1-10(2)16(9-12-4-5-12)14-7-6-13(15)8-11(14)3/h6-8,10,12H,4-5,9,15H2,1-3H3. The number of benzene rings is 1. The third kappa shape index (κ3) is 2.49. The minimum atomic E-state index is 0.558. The van der Waals surface area contributed by atoms with E-state index in [1.165, 1.54) is 30.6 Å². The lowest BCUT2D eigenvalue weighted by atomic mass is 10.1. The van der Waals surface area contributed by atoms with E-state index in [4.69, 9.17) is 5.73 Å². The Bertz CT molecular complexity index is 367. The summed E-state index contributed by atoms with van der Waals surface area (Å²) in [6.45, 7) is 7.87. The summed E-state index contributed by atoms with van der Waals surface area (Å²) in [6.07, 6.45) is 2.80. The van der Waals surface area contributed by atoms with Gasteiger partial charge in [0, 0.05) is 24.0 Å². The molecule has 0 amide bonds. The molecular formula is C14H22N2. The van der Waals surface area contributed by atoms with Gasteiger partial charge >= 0.3 is 0 Å². The van der Waals surface area contributed by atoms with E-state index < -0.39 is 0 Å². The van der Waals surface area contributed by atoms with Gasteiger partial charge in [-0.2, -0.15) is 0 Å². The van der Waals surface area contributed by atoms with Crippen molar-refractivity contribution in [1.82, 2.24) is 0 Å². The quantitative estimate of drug-likeness (QED) is 0.786. The van der Waals surface area contributed by atoms with Crippen molar-refractivity contribution in [3.05, 3.63) is 23.8 Å². The van der Waals surface area contributed by atoms with Crippen LogP contribution in [0.25, 0.3) is 0 Å². The van der Waals surface area contributed by atoms with Crippen LogP contribution in [0.15, 0.2) is 18.2 Å². The predicted molar refractivity (Wildman–Crippen MR) is 70.8 cm³/mol. The SMILES string of the molecule is Cc1cc(N)ccc1N(CC1CC1)C(C)C. The van der Waals surface area contributed by atoms with Crippen LogP contribution in [0.1, 0.15) is 32.3 Å². The molecule has 0 saturated heterocycles. The number of anilines is 2. The fourth-order valence-electron chi connectivity index (χ4n) is 2.17. The molecule has 0 aromatic heterocycles. The lowest BCUT2D eigenvalue weighted by Crippen LogP contribution is -2.33. The van der Waals surface area contributed by atoms with Crippen LogP contribution in [-0.4, -0.2) is 12.6 Å². The molecule has 1 aromatic rings. The molecule has 0 heterocycles. The minimum absolute atomic E-state index is 0.558. The van der Waals surface area contributed by atoms with Gasteiger partial charge in [-0.05, 0) is 63.3 Å². The number of hydrogen-bond donors (Lipinski definition) is 1. The van der Waals surface area contributed by atoms with Crippen LogP contribution >= 0.6 is 0 Å². The highest BCUT2D eigenvalue weighted by molar-refractivity contribution is 5.59. The van der Waals surface area contributed by atoms with Crippen LogP contribution in [0.2, 0.25) is 0 Å². The third-order valence-corrected chi connectivity index (χ3v) is 3.31. The molecule has 2 rings (SSSR count). The Labute approximate surface area is 98.4 Å². The van der Waals surface area contributed by atoms with E-state index >= 15 is 0 Å². The van der Waals surface area contributed by atoms with Gasteiger partial charge in [-0.15, -0.1) is 0 Å². The van der Waals surface area contributed by atoms with E-state index in [-0.39, 0.29) is 0 Å². The average molecular weight is 218 g/mol. The average Bonchev–Trinajstić information content (AvgIpc) is 2.98. The lowest BCUT2D eigenvalue weighted by Gasteiger charge is -2.30. The summed E-state index contributed by atoms with van der Waals surface area (Å²) in [7, 11) is 0. The number of hydrogen-bond acceptors (Lipinski definition) is 2. The highest BCUT2D eigenvalue weighted by atomic mass is 15.2. The first-order chi connectivity index (χ1) is 7.58. The third-order valence-electron chi connectivity index (χ3n) is 3.31. The molecule has 1 aliphatic rings.